The number of amides is 1. The number of nitrogens with zero attached hydrogens (tertiary/aromatic N) is 1. The van der Waals surface area contributed by atoms with E-state index < -0.39 is 36.3 Å². The lowest BCUT2D eigenvalue weighted by Gasteiger charge is -2.30. The molecule has 0 aliphatic carbocycles. The van der Waals surface area contributed by atoms with Crippen molar-refractivity contribution in [3.8, 4) is 0 Å². The summed E-state index contributed by atoms with van der Waals surface area (Å²) < 4.78 is 41.2. The molecular weight excluding hydrogens is 255 g/mol. The van der Waals surface area contributed by atoms with Gasteiger partial charge in [-0.15, -0.1) is 0 Å². The monoisotopic (exact) mass is 267 g/mol. The van der Waals surface area contributed by atoms with Crippen LogP contribution in [0.4, 0.5) is 13.2 Å². The van der Waals surface area contributed by atoms with E-state index in [1.807, 2.05) is 0 Å². The van der Waals surface area contributed by atoms with E-state index in [4.69, 9.17) is 0 Å². The Morgan fingerprint density at radius 1 is 1.44 bits per heavy atom. The molecule has 0 unspecified atom stereocenters. The first kappa shape index (κ1) is 14.5. The first-order chi connectivity index (χ1) is 8.27. The summed E-state index contributed by atoms with van der Waals surface area (Å²) >= 11 is 0. The normalized spacial score (nSPS) is 20.8. The summed E-state index contributed by atoms with van der Waals surface area (Å²) in [7, 11) is 0. The molecule has 0 aromatic carbocycles. The van der Waals surface area contributed by atoms with Crippen LogP contribution in [-0.2, 0) is 19.1 Å². The van der Waals surface area contributed by atoms with E-state index in [-0.39, 0.29) is 19.6 Å². The van der Waals surface area contributed by atoms with Gasteiger partial charge in [0.25, 0.3) is 0 Å². The zero-order chi connectivity index (χ0) is 13.9. The van der Waals surface area contributed by atoms with Gasteiger partial charge in [-0.2, -0.15) is 13.2 Å². The summed E-state index contributed by atoms with van der Waals surface area (Å²) in [5, 5.41) is 0. The molecule has 0 saturated carbocycles. The van der Waals surface area contributed by atoms with E-state index in [2.05, 4.69) is 4.74 Å². The van der Waals surface area contributed by atoms with Gasteiger partial charge in [0.2, 0.25) is 0 Å². The number of carbonyl (C=O) groups excluding carboxylic acids is 3. The molecule has 1 atom stereocenters. The lowest BCUT2D eigenvalue weighted by Crippen LogP contribution is -2.51. The van der Waals surface area contributed by atoms with Crippen LogP contribution in [0.2, 0.25) is 0 Å². The number of esters is 1. The molecule has 1 heterocycles. The lowest BCUT2D eigenvalue weighted by atomic mass is 9.96. The molecule has 1 fully saturated rings. The van der Waals surface area contributed by atoms with Crippen LogP contribution in [0.25, 0.3) is 0 Å². The van der Waals surface area contributed by atoms with E-state index in [1.54, 1.807) is 0 Å². The van der Waals surface area contributed by atoms with Crippen molar-refractivity contribution in [3.05, 3.63) is 0 Å². The van der Waals surface area contributed by atoms with Crippen molar-refractivity contribution < 1.29 is 32.3 Å². The number of hydrogen-bond donors (Lipinski definition) is 0. The second-order valence-electron chi connectivity index (χ2n) is 3.77. The molecule has 0 spiro atoms. The summed E-state index contributed by atoms with van der Waals surface area (Å²) in [5.74, 6) is -4.74. The molecule has 0 aromatic rings. The Morgan fingerprint density at radius 3 is 2.56 bits per heavy atom. The highest BCUT2D eigenvalue weighted by Gasteiger charge is 2.46. The summed E-state index contributed by atoms with van der Waals surface area (Å²) in [6.45, 7) is 0.642. The Bertz CT molecular complexity index is 367. The standard InChI is InChI=1S/C10H12F3NO4/c1-2-18-8(16)6-5-14(4-3-7(6)15)9(17)10(11,12)13/h6H,2-5H2,1H3/t6-/m1/s1. The second-order valence-corrected chi connectivity index (χ2v) is 3.77. The van der Waals surface area contributed by atoms with E-state index in [9.17, 15) is 27.6 Å². The van der Waals surface area contributed by atoms with Crippen LogP contribution < -0.4 is 0 Å². The molecule has 1 saturated heterocycles. The minimum atomic E-state index is -5.00. The maximum absolute atomic E-state index is 12.2. The SMILES string of the molecule is CCOC(=O)[C@@H]1CN(C(=O)C(F)(F)F)CCC1=O. The number of Topliss-reactive ketones (excluding diaryl/α,β-unsaturated/α-hetero) is 1. The average molecular weight is 267 g/mol. The predicted octanol–water partition coefficient (Wildman–Crippen LogP) is 0.529. The number of halogens is 3. The molecule has 1 aliphatic heterocycles. The van der Waals surface area contributed by atoms with E-state index in [1.165, 1.54) is 6.92 Å². The Morgan fingerprint density at radius 2 is 2.06 bits per heavy atom. The molecule has 0 bridgehead atoms. The lowest BCUT2D eigenvalue weighted by molar-refractivity contribution is -0.188. The third kappa shape index (κ3) is 3.21. The second kappa shape index (κ2) is 5.36. The maximum Gasteiger partial charge on any atom is 0.471 e. The summed E-state index contributed by atoms with van der Waals surface area (Å²) in [6.07, 6.45) is -5.27. The van der Waals surface area contributed by atoms with Crippen LogP contribution in [0.1, 0.15) is 13.3 Å². The highest BCUT2D eigenvalue weighted by molar-refractivity contribution is 6.01. The van der Waals surface area contributed by atoms with E-state index >= 15 is 0 Å². The molecule has 1 amide bonds. The highest BCUT2D eigenvalue weighted by atomic mass is 19.4. The molecule has 0 aromatic heterocycles. The molecule has 18 heavy (non-hydrogen) atoms. The van der Waals surface area contributed by atoms with Crippen LogP contribution in [0.5, 0.6) is 0 Å². The molecule has 1 aliphatic rings. The van der Waals surface area contributed by atoms with Crippen LogP contribution in [0.15, 0.2) is 0 Å². The first-order valence-corrected chi connectivity index (χ1v) is 5.32. The predicted molar refractivity (Wildman–Crippen MR) is 52.4 cm³/mol. The Kier molecular flexibility index (Phi) is 4.31. The zero-order valence-corrected chi connectivity index (χ0v) is 9.62. The molecule has 5 nitrogen and oxygen atoms in total. The quantitative estimate of drug-likeness (QED) is 0.541. The number of alkyl halides is 3. The van der Waals surface area contributed by atoms with Crippen LogP contribution in [0, 0.1) is 5.92 Å². The van der Waals surface area contributed by atoms with Crippen molar-refractivity contribution in [2.45, 2.75) is 19.5 Å². The molecule has 8 heteroatoms. The average Bonchev–Trinajstić information content (AvgIpc) is 2.27. The van der Waals surface area contributed by atoms with Gasteiger partial charge in [-0.3, -0.25) is 14.4 Å². The third-order valence-electron chi connectivity index (χ3n) is 2.52. The third-order valence-corrected chi connectivity index (χ3v) is 2.52. The van der Waals surface area contributed by atoms with Crippen molar-refractivity contribution in [2.24, 2.45) is 5.92 Å². The summed E-state index contributed by atoms with van der Waals surface area (Å²) in [6, 6.07) is 0. The van der Waals surface area contributed by atoms with Gasteiger partial charge in [-0.05, 0) is 6.92 Å². The van der Waals surface area contributed by atoms with E-state index in [0.717, 1.165) is 0 Å². The van der Waals surface area contributed by atoms with Gasteiger partial charge in [0, 0.05) is 19.5 Å². The topological polar surface area (TPSA) is 63.7 Å². The minimum Gasteiger partial charge on any atom is -0.465 e. The fraction of sp³-hybridized carbons (Fsp3) is 0.700. The van der Waals surface area contributed by atoms with Crippen molar-refractivity contribution in [1.82, 2.24) is 4.90 Å². The van der Waals surface area contributed by atoms with Gasteiger partial charge in [-0.1, -0.05) is 0 Å². The van der Waals surface area contributed by atoms with Gasteiger partial charge in [0.1, 0.15) is 5.92 Å². The largest absolute Gasteiger partial charge is 0.471 e. The van der Waals surface area contributed by atoms with Gasteiger partial charge in [0.05, 0.1) is 6.61 Å². The molecule has 0 radical (unpaired) electrons. The van der Waals surface area contributed by atoms with Crippen molar-refractivity contribution >= 4 is 17.7 Å². The number of carbonyl (C=O) groups is 3. The molecule has 0 N–H and O–H groups in total. The summed E-state index contributed by atoms with van der Waals surface area (Å²) in [4.78, 5) is 34.2. The number of piperidine rings is 1. The van der Waals surface area contributed by atoms with Gasteiger partial charge >= 0.3 is 18.1 Å². The highest BCUT2D eigenvalue weighted by Crippen LogP contribution is 2.23. The Labute approximate surface area is 101 Å². The Hall–Kier alpha value is -1.60. The van der Waals surface area contributed by atoms with Crippen molar-refractivity contribution in [2.75, 3.05) is 19.7 Å². The van der Waals surface area contributed by atoms with Crippen LogP contribution in [0.3, 0.4) is 0 Å². The van der Waals surface area contributed by atoms with Gasteiger partial charge < -0.3 is 9.64 Å². The van der Waals surface area contributed by atoms with Crippen molar-refractivity contribution in [1.29, 1.82) is 0 Å². The van der Waals surface area contributed by atoms with Crippen LogP contribution in [-0.4, -0.2) is 48.4 Å². The smallest absolute Gasteiger partial charge is 0.465 e. The number of ketones is 1. The van der Waals surface area contributed by atoms with Crippen LogP contribution >= 0.6 is 0 Å². The molecule has 1 rings (SSSR count). The first-order valence-electron chi connectivity index (χ1n) is 5.32. The fourth-order valence-corrected chi connectivity index (χ4v) is 1.65. The number of likely N-dealkylation sites (tertiary alicyclic amines) is 1. The maximum atomic E-state index is 12.2. The number of ether oxygens (including phenoxy) is 1. The summed E-state index contributed by atoms with van der Waals surface area (Å²) in [5.41, 5.74) is 0. The minimum absolute atomic E-state index is 0.0236. The zero-order valence-electron chi connectivity index (χ0n) is 9.62. The Balaban J connectivity index is 2.75. The van der Waals surface area contributed by atoms with Gasteiger partial charge in [-0.25, -0.2) is 0 Å². The fourth-order valence-electron chi connectivity index (χ4n) is 1.65. The van der Waals surface area contributed by atoms with E-state index in [0.29, 0.717) is 4.90 Å². The molecular formula is C10H12F3NO4. The molecule has 102 valence electrons. The van der Waals surface area contributed by atoms with Gasteiger partial charge in [0.15, 0.2) is 5.78 Å². The number of rotatable bonds is 2. The van der Waals surface area contributed by atoms with Crippen molar-refractivity contribution in [3.63, 3.8) is 0 Å². The number of hydrogen-bond acceptors (Lipinski definition) is 4.